The van der Waals surface area contributed by atoms with E-state index in [1.165, 1.54) is 6.42 Å². The predicted molar refractivity (Wildman–Crippen MR) is 53.0 cm³/mol. The summed E-state index contributed by atoms with van der Waals surface area (Å²) >= 11 is 0. The fourth-order valence-electron chi connectivity index (χ4n) is 2.03. The van der Waals surface area contributed by atoms with Crippen molar-refractivity contribution in [2.24, 2.45) is 0 Å². The number of nitrogens with one attached hydrogen (secondary N) is 2. The van der Waals surface area contributed by atoms with E-state index in [0.717, 1.165) is 32.4 Å². The maximum Gasteiger partial charge on any atom is 0.237 e. The molecule has 2 heterocycles. The molecule has 0 aromatic rings. The molecule has 0 spiro atoms. The summed E-state index contributed by atoms with van der Waals surface area (Å²) in [5, 5.41) is 6.26. The lowest BCUT2D eigenvalue weighted by Gasteiger charge is -2.23. The van der Waals surface area contributed by atoms with Crippen molar-refractivity contribution in [3.63, 3.8) is 0 Å². The second-order valence-corrected chi connectivity index (χ2v) is 4.07. The quantitative estimate of drug-likeness (QED) is 0.658. The zero-order valence-corrected chi connectivity index (χ0v) is 8.42. The van der Waals surface area contributed by atoms with E-state index in [9.17, 15) is 4.79 Å². The molecule has 2 saturated heterocycles. The standard InChI is InChI=1S/C10H18N2O2/c13-10(9-3-1-2-5-11-9)12-8-4-6-14-7-8/h8-9,11H,1-7H2,(H,12,13). The van der Waals surface area contributed by atoms with Gasteiger partial charge in [-0.3, -0.25) is 4.79 Å². The lowest BCUT2D eigenvalue weighted by atomic mass is 10.0. The van der Waals surface area contributed by atoms with Gasteiger partial charge in [-0.05, 0) is 25.8 Å². The second-order valence-electron chi connectivity index (χ2n) is 4.07. The molecule has 2 unspecified atom stereocenters. The van der Waals surface area contributed by atoms with Crippen LogP contribution in [0.2, 0.25) is 0 Å². The van der Waals surface area contributed by atoms with Crippen LogP contribution in [0.4, 0.5) is 0 Å². The Balaban J connectivity index is 1.75. The smallest absolute Gasteiger partial charge is 0.237 e. The zero-order chi connectivity index (χ0) is 9.80. The van der Waals surface area contributed by atoms with Crippen LogP contribution in [0.5, 0.6) is 0 Å². The van der Waals surface area contributed by atoms with Crippen LogP contribution in [0, 0.1) is 0 Å². The third-order valence-electron chi connectivity index (χ3n) is 2.90. The predicted octanol–water partition coefficient (Wildman–Crippen LogP) is 0.0336. The number of ether oxygens (including phenoxy) is 1. The SMILES string of the molecule is O=C(NC1CCOC1)C1CCCCN1. The van der Waals surface area contributed by atoms with E-state index in [1.807, 2.05) is 0 Å². The van der Waals surface area contributed by atoms with Crippen LogP contribution in [0.3, 0.4) is 0 Å². The van der Waals surface area contributed by atoms with E-state index in [2.05, 4.69) is 10.6 Å². The number of rotatable bonds is 2. The fourth-order valence-corrected chi connectivity index (χ4v) is 2.03. The first-order valence-corrected chi connectivity index (χ1v) is 5.48. The monoisotopic (exact) mass is 198 g/mol. The molecule has 14 heavy (non-hydrogen) atoms. The number of amides is 1. The largest absolute Gasteiger partial charge is 0.379 e. The Hall–Kier alpha value is -0.610. The van der Waals surface area contributed by atoms with Crippen molar-refractivity contribution < 1.29 is 9.53 Å². The van der Waals surface area contributed by atoms with Gasteiger partial charge in [0, 0.05) is 6.61 Å². The minimum absolute atomic E-state index is 0.0318. The van der Waals surface area contributed by atoms with E-state index in [0.29, 0.717) is 6.61 Å². The van der Waals surface area contributed by atoms with Crippen LogP contribution in [-0.2, 0) is 9.53 Å². The maximum atomic E-state index is 11.7. The van der Waals surface area contributed by atoms with Gasteiger partial charge in [0.15, 0.2) is 0 Å². The molecule has 0 aromatic heterocycles. The van der Waals surface area contributed by atoms with Gasteiger partial charge in [0.2, 0.25) is 5.91 Å². The summed E-state index contributed by atoms with van der Waals surface area (Å²) in [6.07, 6.45) is 4.28. The van der Waals surface area contributed by atoms with Crippen LogP contribution >= 0.6 is 0 Å². The van der Waals surface area contributed by atoms with Gasteiger partial charge in [-0.25, -0.2) is 0 Å². The third kappa shape index (κ3) is 2.45. The van der Waals surface area contributed by atoms with Crippen LogP contribution in [0.1, 0.15) is 25.7 Å². The first-order valence-electron chi connectivity index (χ1n) is 5.48. The Morgan fingerprint density at radius 1 is 1.36 bits per heavy atom. The Morgan fingerprint density at radius 3 is 2.93 bits per heavy atom. The van der Waals surface area contributed by atoms with Crippen molar-refractivity contribution in [2.75, 3.05) is 19.8 Å². The molecule has 0 bridgehead atoms. The van der Waals surface area contributed by atoms with Crippen LogP contribution in [0.15, 0.2) is 0 Å². The summed E-state index contributed by atoms with van der Waals surface area (Å²) < 4.78 is 5.21. The topological polar surface area (TPSA) is 50.4 Å². The van der Waals surface area contributed by atoms with Crippen LogP contribution in [-0.4, -0.2) is 37.7 Å². The van der Waals surface area contributed by atoms with Crippen molar-refractivity contribution in [1.29, 1.82) is 0 Å². The minimum atomic E-state index is 0.0318. The summed E-state index contributed by atoms with van der Waals surface area (Å²) in [5.74, 6) is 0.153. The fraction of sp³-hybridized carbons (Fsp3) is 0.900. The number of carbonyl (C=O) groups excluding carboxylic acids is 1. The van der Waals surface area contributed by atoms with Gasteiger partial charge in [-0.2, -0.15) is 0 Å². The molecule has 2 fully saturated rings. The van der Waals surface area contributed by atoms with Crippen molar-refractivity contribution in [2.45, 2.75) is 37.8 Å². The van der Waals surface area contributed by atoms with Gasteiger partial charge < -0.3 is 15.4 Å². The molecule has 2 atom stereocenters. The molecule has 2 aliphatic heterocycles. The molecule has 2 aliphatic rings. The maximum absolute atomic E-state index is 11.7. The normalized spacial score (nSPS) is 32.9. The Kier molecular flexibility index (Phi) is 3.37. The van der Waals surface area contributed by atoms with Crippen LogP contribution in [0.25, 0.3) is 0 Å². The molecule has 4 heteroatoms. The number of carbonyl (C=O) groups is 1. The summed E-state index contributed by atoms with van der Waals surface area (Å²) in [4.78, 5) is 11.7. The molecular weight excluding hydrogens is 180 g/mol. The van der Waals surface area contributed by atoms with Gasteiger partial charge in [0.05, 0.1) is 18.7 Å². The molecule has 1 amide bonds. The summed E-state index contributed by atoms with van der Waals surface area (Å²) in [5.41, 5.74) is 0. The highest BCUT2D eigenvalue weighted by Crippen LogP contribution is 2.09. The first-order chi connectivity index (χ1) is 6.86. The highest BCUT2D eigenvalue weighted by atomic mass is 16.5. The van der Waals surface area contributed by atoms with E-state index in [1.54, 1.807) is 0 Å². The van der Waals surface area contributed by atoms with E-state index in [-0.39, 0.29) is 18.0 Å². The molecule has 2 rings (SSSR count). The summed E-state index contributed by atoms with van der Waals surface area (Å²) in [6.45, 7) is 2.43. The second kappa shape index (κ2) is 4.75. The van der Waals surface area contributed by atoms with Gasteiger partial charge >= 0.3 is 0 Å². The Morgan fingerprint density at radius 2 is 2.29 bits per heavy atom. The summed E-state index contributed by atoms with van der Waals surface area (Å²) in [7, 11) is 0. The lowest BCUT2D eigenvalue weighted by Crippen LogP contribution is -2.49. The van der Waals surface area contributed by atoms with Crippen molar-refractivity contribution in [3.8, 4) is 0 Å². The Labute approximate surface area is 84.4 Å². The average Bonchev–Trinajstić information content (AvgIpc) is 2.72. The van der Waals surface area contributed by atoms with E-state index >= 15 is 0 Å². The molecule has 0 aromatic carbocycles. The van der Waals surface area contributed by atoms with Gasteiger partial charge in [-0.1, -0.05) is 6.42 Å². The van der Waals surface area contributed by atoms with Gasteiger partial charge in [-0.15, -0.1) is 0 Å². The van der Waals surface area contributed by atoms with Gasteiger partial charge in [0.25, 0.3) is 0 Å². The van der Waals surface area contributed by atoms with E-state index < -0.39 is 0 Å². The van der Waals surface area contributed by atoms with Crippen molar-refractivity contribution in [1.82, 2.24) is 10.6 Å². The summed E-state index contributed by atoms with van der Waals surface area (Å²) in [6, 6.07) is 0.274. The first kappa shape index (κ1) is 9.93. The van der Waals surface area contributed by atoms with Gasteiger partial charge in [0.1, 0.15) is 0 Å². The highest BCUT2D eigenvalue weighted by molar-refractivity contribution is 5.82. The average molecular weight is 198 g/mol. The third-order valence-corrected chi connectivity index (χ3v) is 2.90. The number of hydrogen-bond acceptors (Lipinski definition) is 3. The van der Waals surface area contributed by atoms with Crippen molar-refractivity contribution >= 4 is 5.91 Å². The lowest BCUT2D eigenvalue weighted by molar-refractivity contribution is -0.124. The highest BCUT2D eigenvalue weighted by Gasteiger charge is 2.24. The molecule has 0 aliphatic carbocycles. The molecule has 4 nitrogen and oxygen atoms in total. The molecule has 2 N–H and O–H groups in total. The number of piperidine rings is 1. The van der Waals surface area contributed by atoms with Crippen LogP contribution < -0.4 is 10.6 Å². The Bertz CT molecular complexity index is 196. The molecule has 80 valence electrons. The van der Waals surface area contributed by atoms with Crippen molar-refractivity contribution in [3.05, 3.63) is 0 Å². The molecule has 0 saturated carbocycles. The van der Waals surface area contributed by atoms with E-state index in [4.69, 9.17) is 4.74 Å². The molecular formula is C10H18N2O2. The minimum Gasteiger partial charge on any atom is -0.379 e. The number of hydrogen-bond donors (Lipinski definition) is 2. The zero-order valence-electron chi connectivity index (χ0n) is 8.42. The molecule has 0 radical (unpaired) electrons.